The number of aromatic nitrogens is 4. The Kier molecular flexibility index (Phi) is 2.05. The third-order valence-electron chi connectivity index (χ3n) is 2.92. The zero-order valence-electron chi connectivity index (χ0n) is 8.94. The maximum atomic E-state index is 9.91. The van der Waals surface area contributed by atoms with Crippen LogP contribution in [0.2, 0.25) is 0 Å². The largest absolute Gasteiger partial charge is 0.387 e. The molecule has 6 nitrogen and oxygen atoms in total. The van der Waals surface area contributed by atoms with Crippen LogP contribution in [0.25, 0.3) is 5.82 Å². The fourth-order valence-corrected chi connectivity index (χ4v) is 2.17. The van der Waals surface area contributed by atoms with Crippen molar-refractivity contribution >= 4 is 0 Å². The summed E-state index contributed by atoms with van der Waals surface area (Å²) >= 11 is 0. The number of β-amino-alcohol motifs (C(OH)–C–C–N with tert-alkyl or cyclic N) is 1. The standard InChI is InChI=1S/C10H13N5O/c1-6-10-7(4-11-5-8(10)16)14-15(6)9-2-3-12-13-9/h2-3,8,11,16H,4-5H2,1H3,(H,12,13). The lowest BCUT2D eigenvalue weighted by molar-refractivity contribution is 0.164. The molecule has 0 aliphatic carbocycles. The van der Waals surface area contributed by atoms with Crippen molar-refractivity contribution in [3.05, 3.63) is 29.2 Å². The first kappa shape index (κ1) is 9.56. The highest BCUT2D eigenvalue weighted by Gasteiger charge is 2.25. The van der Waals surface area contributed by atoms with Crippen LogP contribution in [0.5, 0.6) is 0 Å². The maximum Gasteiger partial charge on any atom is 0.149 e. The van der Waals surface area contributed by atoms with Crippen molar-refractivity contribution in [3.63, 3.8) is 0 Å². The average molecular weight is 219 g/mol. The van der Waals surface area contributed by atoms with Gasteiger partial charge in [0.1, 0.15) is 5.82 Å². The summed E-state index contributed by atoms with van der Waals surface area (Å²) in [6.07, 6.45) is 1.21. The quantitative estimate of drug-likeness (QED) is 0.632. The number of rotatable bonds is 1. The molecule has 0 saturated heterocycles. The van der Waals surface area contributed by atoms with Gasteiger partial charge in [0.25, 0.3) is 0 Å². The van der Waals surface area contributed by atoms with Gasteiger partial charge in [-0.3, -0.25) is 5.10 Å². The molecule has 0 aromatic carbocycles. The molecule has 0 radical (unpaired) electrons. The maximum absolute atomic E-state index is 9.91. The Morgan fingerprint density at radius 2 is 2.44 bits per heavy atom. The predicted octanol–water partition coefficient (Wildman–Crippen LogP) is 0.0404. The van der Waals surface area contributed by atoms with E-state index in [4.69, 9.17) is 0 Å². The lowest BCUT2D eigenvalue weighted by Gasteiger charge is -2.18. The smallest absolute Gasteiger partial charge is 0.149 e. The number of H-pyrrole nitrogens is 1. The Balaban J connectivity index is 2.15. The van der Waals surface area contributed by atoms with Gasteiger partial charge in [0.15, 0.2) is 0 Å². The molecule has 16 heavy (non-hydrogen) atoms. The molecule has 1 aliphatic heterocycles. The highest BCUT2D eigenvalue weighted by Crippen LogP contribution is 2.26. The van der Waals surface area contributed by atoms with E-state index in [9.17, 15) is 5.11 Å². The van der Waals surface area contributed by atoms with Crippen LogP contribution >= 0.6 is 0 Å². The van der Waals surface area contributed by atoms with Gasteiger partial charge in [0.05, 0.1) is 18.0 Å². The van der Waals surface area contributed by atoms with Crippen molar-refractivity contribution in [1.29, 1.82) is 0 Å². The minimum Gasteiger partial charge on any atom is -0.387 e. The molecule has 2 aromatic heterocycles. The molecule has 0 spiro atoms. The molecule has 3 heterocycles. The van der Waals surface area contributed by atoms with Crippen molar-refractivity contribution in [2.24, 2.45) is 0 Å². The molecule has 0 fully saturated rings. The van der Waals surface area contributed by atoms with Crippen LogP contribution < -0.4 is 5.32 Å². The van der Waals surface area contributed by atoms with E-state index in [0.29, 0.717) is 13.1 Å². The number of fused-ring (bicyclic) bond motifs is 1. The Hall–Kier alpha value is -1.66. The molecule has 0 bridgehead atoms. The summed E-state index contributed by atoms with van der Waals surface area (Å²) in [4.78, 5) is 0. The van der Waals surface area contributed by atoms with E-state index < -0.39 is 6.10 Å². The minimum atomic E-state index is -0.472. The van der Waals surface area contributed by atoms with Crippen molar-refractivity contribution < 1.29 is 5.11 Å². The van der Waals surface area contributed by atoms with E-state index in [1.54, 1.807) is 10.9 Å². The molecule has 1 atom stereocenters. The van der Waals surface area contributed by atoms with E-state index in [0.717, 1.165) is 22.8 Å². The van der Waals surface area contributed by atoms with Crippen LogP contribution in [-0.2, 0) is 6.54 Å². The van der Waals surface area contributed by atoms with E-state index in [1.807, 2.05) is 13.0 Å². The second-order valence-corrected chi connectivity index (χ2v) is 3.95. The number of aliphatic hydroxyl groups is 1. The normalized spacial score (nSPS) is 19.8. The highest BCUT2D eigenvalue weighted by atomic mass is 16.3. The Morgan fingerprint density at radius 1 is 1.56 bits per heavy atom. The lowest BCUT2D eigenvalue weighted by atomic mass is 10.0. The molecule has 6 heteroatoms. The van der Waals surface area contributed by atoms with Crippen molar-refractivity contribution in [2.45, 2.75) is 19.6 Å². The fourth-order valence-electron chi connectivity index (χ4n) is 2.17. The molecular weight excluding hydrogens is 206 g/mol. The first-order chi connectivity index (χ1) is 7.77. The number of nitrogens with one attached hydrogen (secondary N) is 2. The molecule has 3 N–H and O–H groups in total. The first-order valence-electron chi connectivity index (χ1n) is 5.24. The zero-order chi connectivity index (χ0) is 11.1. The van der Waals surface area contributed by atoms with Gasteiger partial charge in [-0.1, -0.05) is 0 Å². The first-order valence-corrected chi connectivity index (χ1v) is 5.24. The zero-order valence-corrected chi connectivity index (χ0v) is 8.94. The summed E-state index contributed by atoms with van der Waals surface area (Å²) in [6.45, 7) is 3.25. The molecule has 0 saturated carbocycles. The van der Waals surface area contributed by atoms with Gasteiger partial charge >= 0.3 is 0 Å². The number of hydrogen-bond acceptors (Lipinski definition) is 4. The van der Waals surface area contributed by atoms with E-state index in [-0.39, 0.29) is 0 Å². The summed E-state index contributed by atoms with van der Waals surface area (Å²) < 4.78 is 1.79. The second kappa shape index (κ2) is 3.43. The summed E-state index contributed by atoms with van der Waals surface area (Å²) in [7, 11) is 0. The van der Waals surface area contributed by atoms with Gasteiger partial charge in [-0.2, -0.15) is 10.2 Å². The molecule has 3 rings (SSSR count). The predicted molar refractivity (Wildman–Crippen MR) is 57.1 cm³/mol. The van der Waals surface area contributed by atoms with Gasteiger partial charge in [0.2, 0.25) is 0 Å². The van der Waals surface area contributed by atoms with Crippen LogP contribution in [0.3, 0.4) is 0 Å². The Labute approximate surface area is 92.3 Å². The van der Waals surface area contributed by atoms with Crippen LogP contribution in [0.4, 0.5) is 0 Å². The molecule has 84 valence electrons. The number of nitrogens with zero attached hydrogens (tertiary/aromatic N) is 3. The van der Waals surface area contributed by atoms with E-state index >= 15 is 0 Å². The van der Waals surface area contributed by atoms with Crippen LogP contribution in [-0.4, -0.2) is 31.6 Å². The number of aliphatic hydroxyl groups excluding tert-OH is 1. The number of aromatic amines is 1. The van der Waals surface area contributed by atoms with Crippen molar-refractivity contribution in [3.8, 4) is 5.82 Å². The lowest BCUT2D eigenvalue weighted by Crippen LogP contribution is -2.27. The molecule has 1 unspecified atom stereocenters. The SMILES string of the molecule is Cc1c2c(nn1-c1ccn[nH]1)CNCC2O. The number of hydrogen-bond donors (Lipinski definition) is 3. The van der Waals surface area contributed by atoms with Gasteiger partial charge in [-0.05, 0) is 6.92 Å². The van der Waals surface area contributed by atoms with E-state index in [2.05, 4.69) is 20.6 Å². The topological polar surface area (TPSA) is 78.8 Å². The summed E-state index contributed by atoms with van der Waals surface area (Å²) in [5.74, 6) is 0.819. The highest BCUT2D eigenvalue weighted by molar-refractivity contribution is 5.35. The second-order valence-electron chi connectivity index (χ2n) is 3.95. The summed E-state index contributed by atoms with van der Waals surface area (Å²) in [5.41, 5.74) is 2.81. The van der Waals surface area contributed by atoms with Gasteiger partial charge in [-0.15, -0.1) is 0 Å². The third-order valence-corrected chi connectivity index (χ3v) is 2.92. The summed E-state index contributed by atoms with van der Waals surface area (Å²) in [5, 5.41) is 24.3. The summed E-state index contributed by atoms with van der Waals surface area (Å²) in [6, 6.07) is 1.85. The van der Waals surface area contributed by atoms with Crippen LogP contribution in [0.1, 0.15) is 23.1 Å². The van der Waals surface area contributed by atoms with Crippen molar-refractivity contribution in [1.82, 2.24) is 25.3 Å². The molecule has 2 aromatic rings. The van der Waals surface area contributed by atoms with Crippen LogP contribution in [0.15, 0.2) is 12.3 Å². The van der Waals surface area contributed by atoms with Gasteiger partial charge in [0, 0.05) is 30.4 Å². The average Bonchev–Trinajstić information content (AvgIpc) is 2.86. The molecular formula is C10H13N5O. The van der Waals surface area contributed by atoms with Crippen molar-refractivity contribution in [2.75, 3.05) is 6.54 Å². The minimum absolute atomic E-state index is 0.472. The molecule has 1 aliphatic rings. The van der Waals surface area contributed by atoms with Crippen LogP contribution in [0, 0.1) is 6.92 Å². The Bertz CT molecular complexity index is 502. The third kappa shape index (κ3) is 1.27. The van der Waals surface area contributed by atoms with Gasteiger partial charge in [-0.25, -0.2) is 4.68 Å². The molecule has 0 amide bonds. The van der Waals surface area contributed by atoms with Gasteiger partial charge < -0.3 is 10.4 Å². The van der Waals surface area contributed by atoms with E-state index in [1.165, 1.54) is 0 Å². The fraction of sp³-hybridized carbons (Fsp3) is 0.400. The monoisotopic (exact) mass is 219 g/mol. The Morgan fingerprint density at radius 3 is 3.12 bits per heavy atom.